The first kappa shape index (κ1) is 28.6. The summed E-state index contributed by atoms with van der Waals surface area (Å²) in [6.07, 6.45) is 11.4. The molecule has 0 spiro atoms. The summed E-state index contributed by atoms with van der Waals surface area (Å²) in [6.45, 7) is 9.82. The lowest BCUT2D eigenvalue weighted by Gasteiger charge is -2.57. The summed E-state index contributed by atoms with van der Waals surface area (Å²) in [6, 6.07) is 11.2. The van der Waals surface area contributed by atoms with Gasteiger partial charge in [-0.1, -0.05) is 37.6 Å². The number of fused-ring (bicyclic) bond motifs is 1. The van der Waals surface area contributed by atoms with Crippen molar-refractivity contribution in [2.45, 2.75) is 95.9 Å². The molecule has 5 fully saturated rings. The number of hydrogen-bond acceptors (Lipinski definition) is 4. The van der Waals surface area contributed by atoms with Gasteiger partial charge in [0.2, 0.25) is 0 Å². The summed E-state index contributed by atoms with van der Waals surface area (Å²) in [4.78, 5) is 43.3. The summed E-state index contributed by atoms with van der Waals surface area (Å²) in [5, 5.41) is 2.86. The van der Waals surface area contributed by atoms with E-state index >= 15 is 0 Å². The number of urea groups is 1. The number of barbiturate groups is 1. The molecule has 4 saturated carbocycles. The molecule has 2 aromatic rings. The third-order valence-corrected chi connectivity index (χ3v) is 11.5. The molecule has 6 nitrogen and oxygen atoms in total. The summed E-state index contributed by atoms with van der Waals surface area (Å²) in [5.74, 6) is 1.45. The van der Waals surface area contributed by atoms with E-state index in [4.69, 9.17) is 11.6 Å². The maximum absolute atomic E-state index is 13.8. The number of imide groups is 2. The van der Waals surface area contributed by atoms with Crippen molar-refractivity contribution in [2.24, 2.45) is 17.8 Å². The van der Waals surface area contributed by atoms with Crippen LogP contribution in [0.15, 0.2) is 42.0 Å². The highest BCUT2D eigenvalue weighted by atomic mass is 35.5. The van der Waals surface area contributed by atoms with Gasteiger partial charge in [0, 0.05) is 22.8 Å². The number of nitrogens with one attached hydrogen (secondary N) is 1. The Morgan fingerprint density at radius 1 is 0.953 bits per heavy atom. The summed E-state index contributed by atoms with van der Waals surface area (Å²) in [5.41, 5.74) is 4.78. The third kappa shape index (κ3) is 4.72. The summed E-state index contributed by atoms with van der Waals surface area (Å²) >= 11 is 6.82. The first-order chi connectivity index (χ1) is 20.5. The van der Waals surface area contributed by atoms with E-state index in [1.165, 1.54) is 44.1 Å². The van der Waals surface area contributed by atoms with Crippen LogP contribution >= 0.6 is 11.6 Å². The number of hydrogen-bond donors (Lipinski definition) is 1. The molecule has 7 heteroatoms. The normalized spacial score (nSPS) is 31.9. The van der Waals surface area contributed by atoms with Crippen molar-refractivity contribution in [3.05, 3.63) is 63.7 Å². The molecule has 6 aliphatic rings. The molecule has 4 amide bonds. The van der Waals surface area contributed by atoms with E-state index in [1.807, 2.05) is 24.3 Å². The first-order valence-electron chi connectivity index (χ1n) is 16.1. The van der Waals surface area contributed by atoms with Crippen LogP contribution in [0, 0.1) is 17.8 Å². The van der Waals surface area contributed by atoms with E-state index in [-0.39, 0.29) is 22.4 Å². The first-order valence-corrected chi connectivity index (χ1v) is 16.5. The van der Waals surface area contributed by atoms with Gasteiger partial charge < -0.3 is 4.90 Å². The molecule has 1 N–H and O–H groups in total. The van der Waals surface area contributed by atoms with Crippen LogP contribution in [-0.4, -0.2) is 29.9 Å². The molecule has 1 unspecified atom stereocenters. The fraction of sp³-hybridized carbons (Fsp3) is 0.528. The summed E-state index contributed by atoms with van der Waals surface area (Å²) < 4.78 is 0. The summed E-state index contributed by atoms with van der Waals surface area (Å²) in [7, 11) is 0. The second-order valence-corrected chi connectivity index (χ2v) is 15.1. The maximum atomic E-state index is 13.8. The molecule has 2 aliphatic heterocycles. The minimum Gasteiger partial charge on any atom is -0.366 e. The number of anilines is 2. The third-order valence-electron chi connectivity index (χ3n) is 11.1. The van der Waals surface area contributed by atoms with Gasteiger partial charge in [-0.2, -0.15) is 0 Å². The number of carbonyl (C=O) groups is 3. The predicted molar refractivity (Wildman–Crippen MR) is 171 cm³/mol. The molecular formula is C36H42ClN3O3. The molecule has 4 aliphatic carbocycles. The van der Waals surface area contributed by atoms with Crippen molar-refractivity contribution >= 4 is 46.9 Å². The van der Waals surface area contributed by atoms with Crippen molar-refractivity contribution in [3.8, 4) is 0 Å². The Morgan fingerprint density at radius 2 is 1.58 bits per heavy atom. The smallest absolute Gasteiger partial charge is 0.335 e. The van der Waals surface area contributed by atoms with E-state index in [0.717, 1.165) is 53.3 Å². The van der Waals surface area contributed by atoms with Crippen molar-refractivity contribution in [1.82, 2.24) is 5.32 Å². The van der Waals surface area contributed by atoms with E-state index in [1.54, 1.807) is 6.08 Å². The van der Waals surface area contributed by atoms with E-state index in [2.05, 4.69) is 50.0 Å². The largest absolute Gasteiger partial charge is 0.366 e. The van der Waals surface area contributed by atoms with Gasteiger partial charge in [0.1, 0.15) is 5.57 Å². The number of carbonyl (C=O) groups excluding carboxylic acids is 3. The second-order valence-electron chi connectivity index (χ2n) is 14.7. The zero-order valence-electron chi connectivity index (χ0n) is 25.7. The highest BCUT2D eigenvalue weighted by Gasteiger charge is 2.51. The molecule has 1 atom stereocenters. The van der Waals surface area contributed by atoms with Gasteiger partial charge in [-0.15, -0.1) is 0 Å². The molecular weight excluding hydrogens is 558 g/mol. The van der Waals surface area contributed by atoms with Crippen molar-refractivity contribution in [3.63, 3.8) is 0 Å². The Balaban J connectivity index is 1.19. The number of nitrogens with zero attached hydrogens (tertiary/aromatic N) is 2. The SMILES string of the molecule is CCCN1c2cc(Cl)c(/C=C3/C(=O)NC(=O)N(c4ccc(C56CC7CC(CC(C7)C5)C6)cc4)C3=O)cc2C(C)CC1(C)C. The maximum Gasteiger partial charge on any atom is 0.335 e. The Morgan fingerprint density at radius 3 is 2.19 bits per heavy atom. The predicted octanol–water partition coefficient (Wildman–Crippen LogP) is 7.98. The highest BCUT2D eigenvalue weighted by Crippen LogP contribution is 2.60. The van der Waals surface area contributed by atoms with E-state index in [9.17, 15) is 14.4 Å². The van der Waals surface area contributed by atoms with Crippen LogP contribution in [-0.2, 0) is 15.0 Å². The molecule has 8 rings (SSSR count). The monoisotopic (exact) mass is 599 g/mol. The molecule has 226 valence electrons. The Labute approximate surface area is 259 Å². The lowest BCUT2D eigenvalue weighted by Crippen LogP contribution is -2.54. The van der Waals surface area contributed by atoms with Gasteiger partial charge in [-0.05, 0) is 141 Å². The minimum atomic E-state index is -0.725. The highest BCUT2D eigenvalue weighted by molar-refractivity contribution is 6.40. The Kier molecular flexibility index (Phi) is 6.81. The van der Waals surface area contributed by atoms with Gasteiger partial charge in [0.25, 0.3) is 11.8 Å². The average Bonchev–Trinajstić information content (AvgIpc) is 2.93. The topological polar surface area (TPSA) is 69.7 Å². The zero-order chi connectivity index (χ0) is 30.3. The fourth-order valence-corrected chi connectivity index (χ4v) is 9.97. The van der Waals surface area contributed by atoms with Crippen LogP contribution in [0.5, 0.6) is 0 Å². The molecule has 0 radical (unpaired) electrons. The van der Waals surface area contributed by atoms with Crippen LogP contribution in [0.25, 0.3) is 6.08 Å². The molecule has 1 saturated heterocycles. The van der Waals surface area contributed by atoms with Gasteiger partial charge in [-0.3, -0.25) is 14.9 Å². The van der Waals surface area contributed by atoms with Crippen LogP contribution in [0.4, 0.5) is 16.2 Å². The lowest BCUT2D eigenvalue weighted by atomic mass is 9.48. The van der Waals surface area contributed by atoms with Gasteiger partial charge in [-0.25, -0.2) is 9.69 Å². The van der Waals surface area contributed by atoms with Crippen molar-refractivity contribution in [2.75, 3.05) is 16.3 Å². The fourth-order valence-electron chi connectivity index (χ4n) is 9.75. The average molecular weight is 600 g/mol. The van der Waals surface area contributed by atoms with Crippen molar-refractivity contribution < 1.29 is 14.4 Å². The second kappa shape index (κ2) is 10.2. The minimum absolute atomic E-state index is 0.00292. The standard InChI is InChI=1S/C36H42ClN3O3/c1-5-10-39-31-16-30(37)25(14-28(31)21(2)17-35(39,3)4)15-29-32(41)38-34(43)40(33(29)42)27-8-6-26(7-9-27)36-18-22-11-23(19-36)13-24(12-22)20-36/h6-9,14-16,21-24H,5,10-13,17-20H2,1-4H3,(H,38,41,43)/b29-15-. The van der Waals surface area contributed by atoms with E-state index in [0.29, 0.717) is 16.3 Å². The Hall–Kier alpha value is -3.12. The van der Waals surface area contributed by atoms with Crippen LogP contribution < -0.4 is 15.1 Å². The van der Waals surface area contributed by atoms with Crippen LogP contribution in [0.3, 0.4) is 0 Å². The number of rotatable bonds is 5. The zero-order valence-corrected chi connectivity index (χ0v) is 26.5. The number of amides is 4. The van der Waals surface area contributed by atoms with Crippen LogP contribution in [0.1, 0.15) is 102 Å². The quantitative estimate of drug-likeness (QED) is 0.279. The lowest BCUT2D eigenvalue weighted by molar-refractivity contribution is -0.122. The Bertz CT molecular complexity index is 1510. The molecule has 2 aromatic carbocycles. The number of halogens is 1. The van der Waals surface area contributed by atoms with Crippen LogP contribution in [0.2, 0.25) is 5.02 Å². The molecule has 4 bridgehead atoms. The number of benzene rings is 2. The van der Waals surface area contributed by atoms with Crippen molar-refractivity contribution in [1.29, 1.82) is 0 Å². The van der Waals surface area contributed by atoms with E-state index < -0.39 is 17.8 Å². The molecule has 43 heavy (non-hydrogen) atoms. The van der Waals surface area contributed by atoms with Gasteiger partial charge in [0.05, 0.1) is 5.69 Å². The van der Waals surface area contributed by atoms with Gasteiger partial charge >= 0.3 is 6.03 Å². The van der Waals surface area contributed by atoms with Gasteiger partial charge in [0.15, 0.2) is 0 Å². The molecule has 0 aromatic heterocycles. The molecule has 2 heterocycles.